The van der Waals surface area contributed by atoms with Gasteiger partial charge in [-0.2, -0.15) is 0 Å². The third kappa shape index (κ3) is 2.36. The van der Waals surface area contributed by atoms with Crippen molar-refractivity contribution in [2.75, 3.05) is 20.1 Å². The third-order valence-electron chi connectivity index (χ3n) is 2.68. The topological polar surface area (TPSA) is 58.4 Å². The number of nitrogens with zero attached hydrogens (tertiary/aromatic N) is 2. The zero-order chi connectivity index (χ0) is 10.7. The molecule has 0 spiro atoms. The van der Waals surface area contributed by atoms with Crippen molar-refractivity contribution in [3.8, 4) is 0 Å². The number of nitrogens with one attached hydrogen (secondary N) is 1. The predicted octanol–water partition coefficient (Wildman–Crippen LogP) is 0.242. The van der Waals surface area contributed by atoms with E-state index in [0.29, 0.717) is 6.54 Å². The largest absolute Gasteiger partial charge is 0.364 e. The van der Waals surface area contributed by atoms with Crippen molar-refractivity contribution in [3.63, 3.8) is 0 Å². The Morgan fingerprint density at radius 1 is 1.80 bits per heavy atom. The molecule has 1 fully saturated rings. The maximum Gasteiger partial charge on any atom is 0.227 e. The Morgan fingerprint density at radius 3 is 3.27 bits per heavy atom. The fourth-order valence-corrected chi connectivity index (χ4v) is 1.82. The Bertz CT molecular complexity index is 317. The number of hydrogen-bond donors (Lipinski definition) is 1. The minimum absolute atomic E-state index is 0.127. The molecule has 1 saturated heterocycles. The van der Waals surface area contributed by atoms with E-state index in [-0.39, 0.29) is 11.8 Å². The number of aromatic nitrogens is 1. The highest BCUT2D eigenvalue weighted by Crippen LogP contribution is 2.12. The molecule has 0 radical (unpaired) electrons. The summed E-state index contributed by atoms with van der Waals surface area (Å²) >= 11 is 0. The van der Waals surface area contributed by atoms with E-state index in [9.17, 15) is 4.79 Å². The van der Waals surface area contributed by atoms with Crippen LogP contribution in [0.1, 0.15) is 12.1 Å². The lowest BCUT2D eigenvalue weighted by Gasteiger charge is -2.19. The molecular formula is C10H15N3O2. The van der Waals surface area contributed by atoms with Gasteiger partial charge in [0.2, 0.25) is 5.91 Å². The van der Waals surface area contributed by atoms with E-state index in [1.165, 1.54) is 6.26 Å². The Balaban J connectivity index is 1.89. The van der Waals surface area contributed by atoms with Crippen molar-refractivity contribution < 1.29 is 9.32 Å². The SMILES string of the molecule is CN(Cc1ccon1)C(=O)C1CCNC1. The first-order valence-electron chi connectivity index (χ1n) is 5.12. The van der Waals surface area contributed by atoms with Gasteiger partial charge in [0.1, 0.15) is 12.0 Å². The molecule has 1 atom stereocenters. The number of carbonyl (C=O) groups excluding carboxylic acids is 1. The van der Waals surface area contributed by atoms with Crippen molar-refractivity contribution in [1.29, 1.82) is 0 Å². The van der Waals surface area contributed by atoms with Gasteiger partial charge in [0, 0.05) is 19.7 Å². The van der Waals surface area contributed by atoms with Gasteiger partial charge >= 0.3 is 0 Å². The fraction of sp³-hybridized carbons (Fsp3) is 0.600. The Hall–Kier alpha value is -1.36. The Morgan fingerprint density at radius 2 is 2.67 bits per heavy atom. The number of hydrogen-bond acceptors (Lipinski definition) is 4. The summed E-state index contributed by atoms with van der Waals surface area (Å²) in [7, 11) is 1.80. The lowest BCUT2D eigenvalue weighted by atomic mass is 10.1. The molecule has 15 heavy (non-hydrogen) atoms. The highest BCUT2D eigenvalue weighted by atomic mass is 16.5. The van der Waals surface area contributed by atoms with Gasteiger partial charge in [-0.15, -0.1) is 0 Å². The molecule has 1 N–H and O–H groups in total. The predicted molar refractivity (Wildman–Crippen MR) is 54.0 cm³/mol. The van der Waals surface area contributed by atoms with Crippen LogP contribution < -0.4 is 5.32 Å². The third-order valence-corrected chi connectivity index (χ3v) is 2.68. The highest BCUT2D eigenvalue weighted by Gasteiger charge is 2.25. The average Bonchev–Trinajstić information content (AvgIpc) is 2.88. The highest BCUT2D eigenvalue weighted by molar-refractivity contribution is 5.79. The lowest BCUT2D eigenvalue weighted by molar-refractivity contribution is -0.134. The van der Waals surface area contributed by atoms with Crippen molar-refractivity contribution >= 4 is 5.91 Å². The molecular weight excluding hydrogens is 194 g/mol. The molecule has 82 valence electrons. The molecule has 0 aromatic carbocycles. The van der Waals surface area contributed by atoms with E-state index < -0.39 is 0 Å². The first-order valence-corrected chi connectivity index (χ1v) is 5.12. The summed E-state index contributed by atoms with van der Waals surface area (Å²) in [6.45, 7) is 2.25. The number of rotatable bonds is 3. The average molecular weight is 209 g/mol. The normalized spacial score (nSPS) is 20.5. The summed E-state index contributed by atoms with van der Waals surface area (Å²) in [5, 5.41) is 6.97. The van der Waals surface area contributed by atoms with Crippen molar-refractivity contribution in [2.24, 2.45) is 5.92 Å². The van der Waals surface area contributed by atoms with Gasteiger partial charge in [0.25, 0.3) is 0 Å². The van der Waals surface area contributed by atoms with E-state index in [0.717, 1.165) is 25.2 Å². The van der Waals surface area contributed by atoms with Gasteiger partial charge in [-0.3, -0.25) is 4.79 Å². The molecule has 1 aliphatic rings. The molecule has 1 aromatic rings. The van der Waals surface area contributed by atoms with Gasteiger partial charge in [-0.1, -0.05) is 5.16 Å². The maximum atomic E-state index is 11.9. The molecule has 0 bridgehead atoms. The van der Waals surface area contributed by atoms with Crippen LogP contribution in [0.4, 0.5) is 0 Å². The van der Waals surface area contributed by atoms with Gasteiger partial charge in [-0.05, 0) is 13.0 Å². The first kappa shape index (κ1) is 10.2. The fourth-order valence-electron chi connectivity index (χ4n) is 1.82. The Labute approximate surface area is 88.4 Å². The molecule has 2 heterocycles. The van der Waals surface area contributed by atoms with Gasteiger partial charge in [-0.25, -0.2) is 0 Å². The number of amides is 1. The van der Waals surface area contributed by atoms with E-state index in [2.05, 4.69) is 10.5 Å². The van der Waals surface area contributed by atoms with Crippen LogP contribution in [0.5, 0.6) is 0 Å². The quantitative estimate of drug-likeness (QED) is 0.775. The van der Waals surface area contributed by atoms with Crippen molar-refractivity contribution in [3.05, 3.63) is 18.0 Å². The maximum absolute atomic E-state index is 11.9. The summed E-state index contributed by atoms with van der Waals surface area (Å²) in [6, 6.07) is 1.77. The smallest absolute Gasteiger partial charge is 0.227 e. The minimum atomic E-state index is 0.127. The van der Waals surface area contributed by atoms with Gasteiger partial charge in [0.15, 0.2) is 0 Å². The standard InChI is InChI=1S/C10H15N3O2/c1-13(7-9-3-5-15-12-9)10(14)8-2-4-11-6-8/h3,5,8,11H,2,4,6-7H2,1H3. The lowest BCUT2D eigenvalue weighted by Crippen LogP contribution is -2.33. The van der Waals surface area contributed by atoms with Crippen LogP contribution in [0, 0.1) is 5.92 Å². The summed E-state index contributed by atoms with van der Waals surface area (Å²) in [6.07, 6.45) is 2.45. The minimum Gasteiger partial charge on any atom is -0.364 e. The van der Waals surface area contributed by atoms with E-state index in [1.807, 2.05) is 0 Å². The first-order chi connectivity index (χ1) is 7.27. The summed E-state index contributed by atoms with van der Waals surface area (Å²) in [5.41, 5.74) is 0.789. The van der Waals surface area contributed by atoms with Crippen LogP contribution in [0.2, 0.25) is 0 Å². The monoisotopic (exact) mass is 209 g/mol. The molecule has 2 rings (SSSR count). The van der Waals surface area contributed by atoms with Crippen LogP contribution >= 0.6 is 0 Å². The van der Waals surface area contributed by atoms with E-state index in [4.69, 9.17) is 4.52 Å². The van der Waals surface area contributed by atoms with Crippen LogP contribution in [0.15, 0.2) is 16.9 Å². The van der Waals surface area contributed by atoms with Crippen LogP contribution in [-0.4, -0.2) is 36.1 Å². The number of carbonyl (C=O) groups is 1. The molecule has 5 heteroatoms. The zero-order valence-electron chi connectivity index (χ0n) is 8.77. The van der Waals surface area contributed by atoms with Gasteiger partial charge < -0.3 is 14.7 Å². The van der Waals surface area contributed by atoms with Crippen LogP contribution in [-0.2, 0) is 11.3 Å². The second-order valence-electron chi connectivity index (χ2n) is 3.87. The van der Waals surface area contributed by atoms with Crippen molar-refractivity contribution in [2.45, 2.75) is 13.0 Å². The summed E-state index contributed by atoms with van der Waals surface area (Å²) in [4.78, 5) is 13.6. The molecule has 1 unspecified atom stereocenters. The van der Waals surface area contributed by atoms with Crippen LogP contribution in [0.3, 0.4) is 0 Å². The molecule has 0 saturated carbocycles. The second kappa shape index (κ2) is 4.44. The zero-order valence-corrected chi connectivity index (χ0v) is 8.77. The van der Waals surface area contributed by atoms with E-state index >= 15 is 0 Å². The Kier molecular flexibility index (Phi) is 3.01. The van der Waals surface area contributed by atoms with Crippen molar-refractivity contribution in [1.82, 2.24) is 15.4 Å². The summed E-state index contributed by atoms with van der Waals surface area (Å²) in [5.74, 6) is 0.310. The van der Waals surface area contributed by atoms with Gasteiger partial charge in [0.05, 0.1) is 12.5 Å². The molecule has 0 aliphatic carbocycles. The molecule has 1 aliphatic heterocycles. The molecule has 1 amide bonds. The second-order valence-corrected chi connectivity index (χ2v) is 3.87. The molecule has 5 nitrogen and oxygen atoms in total. The van der Waals surface area contributed by atoms with E-state index in [1.54, 1.807) is 18.0 Å². The van der Waals surface area contributed by atoms with Crippen LogP contribution in [0.25, 0.3) is 0 Å². The molecule has 1 aromatic heterocycles. The summed E-state index contributed by atoms with van der Waals surface area (Å²) < 4.78 is 4.72.